The second-order valence-electron chi connectivity index (χ2n) is 4.71. The SMILES string of the molecule is O=[N+]([O-])c1ccc2c(c1)=C1CCC3=CNNC3=C1N=2. The van der Waals surface area contributed by atoms with Crippen molar-refractivity contribution in [1.82, 2.24) is 10.9 Å². The number of benzene rings is 1. The van der Waals surface area contributed by atoms with E-state index >= 15 is 0 Å². The predicted octanol–water partition coefficient (Wildman–Crippen LogP) is 0.376. The highest BCUT2D eigenvalue weighted by Gasteiger charge is 2.27. The fourth-order valence-corrected chi connectivity index (χ4v) is 2.77. The van der Waals surface area contributed by atoms with Gasteiger partial charge >= 0.3 is 0 Å². The Labute approximate surface area is 108 Å². The largest absolute Gasteiger partial charge is 0.308 e. The van der Waals surface area contributed by atoms with Crippen molar-refractivity contribution in [3.63, 3.8) is 0 Å². The molecule has 2 aliphatic heterocycles. The summed E-state index contributed by atoms with van der Waals surface area (Å²) >= 11 is 0. The summed E-state index contributed by atoms with van der Waals surface area (Å²) in [6, 6.07) is 4.85. The molecular formula is C13H10N4O2. The van der Waals surface area contributed by atoms with E-state index in [9.17, 15) is 10.1 Å². The van der Waals surface area contributed by atoms with Crippen LogP contribution in [0.2, 0.25) is 0 Å². The van der Waals surface area contributed by atoms with Crippen LogP contribution in [0.25, 0.3) is 5.57 Å². The second-order valence-corrected chi connectivity index (χ2v) is 4.71. The van der Waals surface area contributed by atoms with Crippen LogP contribution in [0.1, 0.15) is 12.8 Å². The minimum atomic E-state index is -0.366. The molecule has 2 N–H and O–H groups in total. The Kier molecular flexibility index (Phi) is 1.87. The molecule has 0 atom stereocenters. The smallest absolute Gasteiger partial charge is 0.270 e. The maximum Gasteiger partial charge on any atom is 0.270 e. The lowest BCUT2D eigenvalue weighted by atomic mass is 9.92. The van der Waals surface area contributed by atoms with Crippen LogP contribution < -0.4 is 21.4 Å². The van der Waals surface area contributed by atoms with E-state index in [0.717, 1.165) is 40.4 Å². The molecule has 4 rings (SSSR count). The first kappa shape index (κ1) is 10.3. The van der Waals surface area contributed by atoms with Crippen LogP contribution in [0, 0.1) is 10.1 Å². The summed E-state index contributed by atoms with van der Waals surface area (Å²) in [6.07, 6.45) is 3.73. The van der Waals surface area contributed by atoms with Gasteiger partial charge < -0.3 is 5.43 Å². The third-order valence-corrected chi connectivity index (χ3v) is 3.68. The topological polar surface area (TPSA) is 79.6 Å². The van der Waals surface area contributed by atoms with E-state index in [1.54, 1.807) is 12.1 Å². The van der Waals surface area contributed by atoms with Gasteiger partial charge in [-0.3, -0.25) is 15.5 Å². The van der Waals surface area contributed by atoms with Gasteiger partial charge in [0.15, 0.2) is 0 Å². The number of non-ortho nitro benzene ring substituents is 1. The number of nitrogens with zero attached hydrogens (tertiary/aromatic N) is 2. The Morgan fingerprint density at radius 3 is 3.05 bits per heavy atom. The minimum absolute atomic E-state index is 0.117. The normalized spacial score (nSPS) is 18.7. The number of hydrogen-bond acceptors (Lipinski definition) is 5. The second kappa shape index (κ2) is 3.44. The molecule has 1 aromatic carbocycles. The van der Waals surface area contributed by atoms with Gasteiger partial charge in [-0.25, -0.2) is 4.99 Å². The summed E-state index contributed by atoms with van der Waals surface area (Å²) in [5.74, 6) is 0. The standard InChI is InChI=1S/C13H10N4O2/c18-17(19)8-2-4-11-10(5-8)9-3-1-7-6-14-16-12(7)13(9)15-11/h2,4-6,14,16H,1,3H2. The molecule has 0 radical (unpaired) electrons. The van der Waals surface area contributed by atoms with Crippen LogP contribution in [0.5, 0.6) is 0 Å². The van der Waals surface area contributed by atoms with Gasteiger partial charge in [-0.1, -0.05) is 0 Å². The van der Waals surface area contributed by atoms with E-state index in [4.69, 9.17) is 0 Å². The number of nitro benzene ring substituents is 1. The van der Waals surface area contributed by atoms with Crippen LogP contribution in [0.15, 0.2) is 46.4 Å². The molecule has 6 heteroatoms. The van der Waals surface area contributed by atoms with Gasteiger partial charge in [0.05, 0.1) is 21.7 Å². The maximum atomic E-state index is 10.9. The molecule has 0 fully saturated rings. The van der Waals surface area contributed by atoms with Crippen molar-refractivity contribution in [2.24, 2.45) is 4.99 Å². The Bertz CT molecular complexity index is 804. The van der Waals surface area contributed by atoms with E-state index in [-0.39, 0.29) is 10.6 Å². The fourth-order valence-electron chi connectivity index (χ4n) is 2.77. The molecule has 19 heavy (non-hydrogen) atoms. The highest BCUT2D eigenvalue weighted by atomic mass is 16.6. The van der Waals surface area contributed by atoms with Gasteiger partial charge in [-0.15, -0.1) is 0 Å². The lowest BCUT2D eigenvalue weighted by molar-refractivity contribution is -0.385. The van der Waals surface area contributed by atoms with E-state index in [0.29, 0.717) is 0 Å². The molecule has 0 spiro atoms. The van der Waals surface area contributed by atoms with Gasteiger partial charge in [0.2, 0.25) is 0 Å². The summed E-state index contributed by atoms with van der Waals surface area (Å²) in [7, 11) is 0. The third-order valence-electron chi connectivity index (χ3n) is 3.68. The van der Waals surface area contributed by atoms with Crippen molar-refractivity contribution < 1.29 is 4.92 Å². The van der Waals surface area contributed by atoms with E-state index in [1.807, 2.05) is 6.20 Å². The summed E-state index contributed by atoms with van der Waals surface area (Å²) in [6.45, 7) is 0. The van der Waals surface area contributed by atoms with Gasteiger partial charge in [-0.05, 0) is 30.1 Å². The Balaban J connectivity index is 2.03. The summed E-state index contributed by atoms with van der Waals surface area (Å²) in [5.41, 5.74) is 10.4. The van der Waals surface area contributed by atoms with Crippen LogP contribution >= 0.6 is 0 Å². The molecular weight excluding hydrogens is 244 g/mol. The molecule has 94 valence electrons. The molecule has 3 aliphatic rings. The zero-order valence-electron chi connectivity index (χ0n) is 9.93. The van der Waals surface area contributed by atoms with Crippen molar-refractivity contribution in [2.75, 3.05) is 0 Å². The number of allylic oxidation sites excluding steroid dienone is 2. The highest BCUT2D eigenvalue weighted by Crippen LogP contribution is 2.35. The van der Waals surface area contributed by atoms with Crippen LogP contribution in [0.3, 0.4) is 0 Å². The average molecular weight is 254 g/mol. The van der Waals surface area contributed by atoms with Gasteiger partial charge in [0.1, 0.15) is 0 Å². The number of rotatable bonds is 1. The molecule has 0 unspecified atom stereocenters. The van der Waals surface area contributed by atoms with Crippen LogP contribution in [-0.2, 0) is 0 Å². The van der Waals surface area contributed by atoms with E-state index in [1.165, 1.54) is 11.6 Å². The van der Waals surface area contributed by atoms with Crippen LogP contribution in [-0.4, -0.2) is 4.92 Å². The molecule has 2 heterocycles. The molecule has 0 bridgehead atoms. The van der Waals surface area contributed by atoms with E-state index in [2.05, 4.69) is 15.8 Å². The summed E-state index contributed by atoms with van der Waals surface area (Å²) in [4.78, 5) is 15.1. The maximum absolute atomic E-state index is 10.9. The molecule has 0 amide bonds. The Morgan fingerprint density at radius 2 is 2.21 bits per heavy atom. The predicted molar refractivity (Wildman–Crippen MR) is 67.9 cm³/mol. The summed E-state index contributed by atoms with van der Waals surface area (Å²) in [5, 5.41) is 12.6. The highest BCUT2D eigenvalue weighted by molar-refractivity contribution is 5.72. The zero-order valence-corrected chi connectivity index (χ0v) is 9.93. The van der Waals surface area contributed by atoms with E-state index < -0.39 is 0 Å². The van der Waals surface area contributed by atoms with Crippen molar-refractivity contribution in [3.05, 3.63) is 62.1 Å². The number of fused-ring (bicyclic) bond motifs is 3. The lowest BCUT2D eigenvalue weighted by Crippen LogP contribution is -2.24. The lowest BCUT2D eigenvalue weighted by Gasteiger charge is -2.16. The molecule has 0 aromatic heterocycles. The summed E-state index contributed by atoms with van der Waals surface area (Å²) < 4.78 is 0. The molecule has 0 saturated heterocycles. The number of nitro groups is 1. The molecule has 6 nitrogen and oxygen atoms in total. The molecule has 1 aliphatic carbocycles. The fraction of sp³-hybridized carbons (Fsp3) is 0.154. The molecule has 1 aromatic rings. The average Bonchev–Trinajstić information content (AvgIpc) is 3.01. The molecule has 0 saturated carbocycles. The Hall–Kier alpha value is -2.63. The van der Waals surface area contributed by atoms with Crippen molar-refractivity contribution in [3.8, 4) is 0 Å². The Morgan fingerprint density at radius 1 is 1.32 bits per heavy atom. The van der Waals surface area contributed by atoms with Crippen LogP contribution in [0.4, 0.5) is 5.69 Å². The first-order valence-corrected chi connectivity index (χ1v) is 6.06. The number of hydrazine groups is 1. The number of nitrogens with one attached hydrogen (secondary N) is 2. The van der Waals surface area contributed by atoms with Crippen molar-refractivity contribution in [1.29, 1.82) is 0 Å². The first-order valence-electron chi connectivity index (χ1n) is 6.06. The van der Waals surface area contributed by atoms with Gasteiger partial charge in [-0.2, -0.15) is 0 Å². The third kappa shape index (κ3) is 1.33. The quantitative estimate of drug-likeness (QED) is 0.560. The van der Waals surface area contributed by atoms with Gasteiger partial charge in [0, 0.05) is 23.6 Å². The zero-order chi connectivity index (χ0) is 13.0. The van der Waals surface area contributed by atoms with Gasteiger partial charge in [0.25, 0.3) is 5.69 Å². The first-order chi connectivity index (χ1) is 9.24. The number of hydrogen-bond donors (Lipinski definition) is 2. The van der Waals surface area contributed by atoms with Crippen molar-refractivity contribution >= 4 is 11.3 Å². The monoisotopic (exact) mass is 254 g/mol. The van der Waals surface area contributed by atoms with Crippen molar-refractivity contribution in [2.45, 2.75) is 12.8 Å². The minimum Gasteiger partial charge on any atom is -0.308 e.